The zero-order valence-electron chi connectivity index (χ0n) is 12.3. The molecule has 4 heteroatoms. The first-order valence-corrected chi connectivity index (χ1v) is 7.35. The zero-order chi connectivity index (χ0) is 14.5. The summed E-state index contributed by atoms with van der Waals surface area (Å²) in [6, 6.07) is 12.8. The topological polar surface area (TPSA) is 37.4 Å². The van der Waals surface area contributed by atoms with Gasteiger partial charge in [-0.1, -0.05) is 24.3 Å². The highest BCUT2D eigenvalue weighted by molar-refractivity contribution is 5.33. The molecule has 1 aliphatic heterocycles. The molecule has 21 heavy (non-hydrogen) atoms. The Morgan fingerprint density at radius 2 is 2.19 bits per heavy atom. The Hall–Kier alpha value is -1.91. The van der Waals surface area contributed by atoms with Crippen LogP contribution in [0.2, 0.25) is 0 Å². The van der Waals surface area contributed by atoms with Gasteiger partial charge in [-0.25, -0.2) is 0 Å². The smallest absolute Gasteiger partial charge is 0.123 e. The van der Waals surface area contributed by atoms with E-state index >= 15 is 0 Å². The fraction of sp³-hybridized carbons (Fsp3) is 0.353. The summed E-state index contributed by atoms with van der Waals surface area (Å²) in [6.07, 6.45) is 3.79. The zero-order valence-corrected chi connectivity index (χ0v) is 12.3. The Kier molecular flexibility index (Phi) is 4.48. The Labute approximate surface area is 125 Å². The van der Waals surface area contributed by atoms with Crippen molar-refractivity contribution in [1.82, 2.24) is 15.2 Å². The summed E-state index contributed by atoms with van der Waals surface area (Å²) in [5.74, 6) is 0.959. The van der Waals surface area contributed by atoms with Gasteiger partial charge in [-0.05, 0) is 17.7 Å². The highest BCUT2D eigenvalue weighted by Crippen LogP contribution is 2.26. The molecule has 1 saturated heterocycles. The van der Waals surface area contributed by atoms with E-state index in [-0.39, 0.29) is 0 Å². The number of methoxy groups -OCH3 is 1. The summed E-state index contributed by atoms with van der Waals surface area (Å²) in [5, 5.41) is 3.48. The number of nitrogens with zero attached hydrogens (tertiary/aromatic N) is 2. The molecule has 2 aromatic rings. The molecular formula is C17H21N3O. The quantitative estimate of drug-likeness (QED) is 0.934. The van der Waals surface area contributed by atoms with Crippen LogP contribution < -0.4 is 10.1 Å². The minimum Gasteiger partial charge on any atom is -0.496 e. The lowest BCUT2D eigenvalue weighted by Gasteiger charge is -2.36. The first-order valence-electron chi connectivity index (χ1n) is 7.35. The van der Waals surface area contributed by atoms with Crippen LogP contribution in [0.5, 0.6) is 5.75 Å². The number of para-hydroxylation sites is 1. The maximum atomic E-state index is 5.47. The Bertz CT molecular complexity index is 573. The van der Waals surface area contributed by atoms with Crippen molar-refractivity contribution in [2.75, 3.05) is 26.7 Å². The predicted molar refractivity (Wildman–Crippen MR) is 83.3 cm³/mol. The third kappa shape index (κ3) is 3.23. The van der Waals surface area contributed by atoms with Gasteiger partial charge in [-0.2, -0.15) is 0 Å². The van der Waals surface area contributed by atoms with Crippen LogP contribution in [0.25, 0.3) is 0 Å². The Balaban J connectivity index is 1.82. The maximum Gasteiger partial charge on any atom is 0.123 e. The second kappa shape index (κ2) is 6.70. The van der Waals surface area contributed by atoms with E-state index in [2.05, 4.69) is 33.4 Å². The van der Waals surface area contributed by atoms with Gasteiger partial charge in [0.15, 0.2) is 0 Å². The summed E-state index contributed by atoms with van der Waals surface area (Å²) >= 11 is 0. The van der Waals surface area contributed by atoms with Gasteiger partial charge in [0.05, 0.1) is 7.11 Å². The Morgan fingerprint density at radius 1 is 1.29 bits per heavy atom. The highest BCUT2D eigenvalue weighted by atomic mass is 16.5. The lowest BCUT2D eigenvalue weighted by Crippen LogP contribution is -2.45. The van der Waals surface area contributed by atoms with Crippen LogP contribution in [0, 0.1) is 0 Å². The van der Waals surface area contributed by atoms with Gasteiger partial charge >= 0.3 is 0 Å². The van der Waals surface area contributed by atoms with Crippen LogP contribution in [0.4, 0.5) is 0 Å². The molecule has 1 aromatic carbocycles. The molecule has 0 amide bonds. The van der Waals surface area contributed by atoms with E-state index in [0.717, 1.165) is 31.9 Å². The van der Waals surface area contributed by atoms with Gasteiger partial charge < -0.3 is 10.1 Å². The van der Waals surface area contributed by atoms with E-state index in [1.54, 1.807) is 7.11 Å². The van der Waals surface area contributed by atoms with Crippen molar-refractivity contribution in [2.45, 2.75) is 12.6 Å². The molecule has 1 fully saturated rings. The lowest BCUT2D eigenvalue weighted by molar-refractivity contribution is 0.152. The average molecular weight is 283 g/mol. The first kappa shape index (κ1) is 14.0. The second-order valence-electron chi connectivity index (χ2n) is 5.29. The SMILES string of the molecule is COc1ccccc1CN1CCNCC1c1cccnc1. The van der Waals surface area contributed by atoms with Gasteiger partial charge in [0.2, 0.25) is 0 Å². The summed E-state index contributed by atoms with van der Waals surface area (Å²) in [6.45, 7) is 3.90. The van der Waals surface area contributed by atoms with Crippen LogP contribution >= 0.6 is 0 Å². The number of ether oxygens (including phenoxy) is 1. The number of rotatable bonds is 4. The fourth-order valence-corrected chi connectivity index (χ4v) is 2.89. The van der Waals surface area contributed by atoms with E-state index in [4.69, 9.17) is 4.74 Å². The normalized spacial score (nSPS) is 19.4. The van der Waals surface area contributed by atoms with Gasteiger partial charge in [0, 0.05) is 50.2 Å². The van der Waals surface area contributed by atoms with E-state index in [1.165, 1.54) is 11.1 Å². The fourth-order valence-electron chi connectivity index (χ4n) is 2.89. The monoisotopic (exact) mass is 283 g/mol. The highest BCUT2D eigenvalue weighted by Gasteiger charge is 2.24. The molecule has 110 valence electrons. The third-order valence-electron chi connectivity index (χ3n) is 3.99. The van der Waals surface area contributed by atoms with E-state index in [0.29, 0.717) is 6.04 Å². The van der Waals surface area contributed by atoms with Gasteiger partial charge in [-0.3, -0.25) is 9.88 Å². The minimum absolute atomic E-state index is 0.359. The molecular weight excluding hydrogens is 262 g/mol. The van der Waals surface area contributed by atoms with Crippen molar-refractivity contribution < 1.29 is 4.74 Å². The predicted octanol–water partition coefficient (Wildman–Crippen LogP) is 2.24. The number of benzene rings is 1. The summed E-state index contributed by atoms with van der Waals surface area (Å²) in [5.41, 5.74) is 2.50. The molecule has 1 aromatic heterocycles. The molecule has 0 radical (unpaired) electrons. The largest absolute Gasteiger partial charge is 0.496 e. The van der Waals surface area contributed by atoms with Crippen molar-refractivity contribution in [3.8, 4) is 5.75 Å². The number of piperazine rings is 1. The van der Waals surface area contributed by atoms with Crippen LogP contribution in [0.1, 0.15) is 17.2 Å². The first-order chi connectivity index (χ1) is 10.4. The molecule has 1 unspecified atom stereocenters. The number of aromatic nitrogens is 1. The Morgan fingerprint density at radius 3 is 3.00 bits per heavy atom. The molecule has 1 N–H and O–H groups in total. The van der Waals surface area contributed by atoms with Crippen molar-refractivity contribution in [3.05, 3.63) is 59.9 Å². The van der Waals surface area contributed by atoms with Crippen LogP contribution in [0.3, 0.4) is 0 Å². The maximum absolute atomic E-state index is 5.47. The number of hydrogen-bond donors (Lipinski definition) is 1. The van der Waals surface area contributed by atoms with Crippen LogP contribution in [-0.2, 0) is 6.54 Å². The molecule has 1 aliphatic rings. The summed E-state index contributed by atoms with van der Waals surface area (Å²) in [7, 11) is 1.73. The molecule has 3 rings (SSSR count). The van der Waals surface area contributed by atoms with Crippen LogP contribution in [0.15, 0.2) is 48.8 Å². The standard InChI is InChI=1S/C17H21N3O/c1-21-17-7-3-2-5-15(17)13-20-10-9-19-12-16(20)14-6-4-8-18-11-14/h2-8,11,16,19H,9-10,12-13H2,1H3. The molecule has 2 heterocycles. The number of hydrogen-bond acceptors (Lipinski definition) is 4. The number of nitrogens with one attached hydrogen (secondary N) is 1. The molecule has 1 atom stereocenters. The molecule has 0 bridgehead atoms. The average Bonchev–Trinajstić information content (AvgIpc) is 2.57. The summed E-state index contributed by atoms with van der Waals surface area (Å²) < 4.78 is 5.47. The van der Waals surface area contributed by atoms with Gasteiger partial charge in [-0.15, -0.1) is 0 Å². The second-order valence-corrected chi connectivity index (χ2v) is 5.29. The van der Waals surface area contributed by atoms with Crippen LogP contribution in [-0.4, -0.2) is 36.6 Å². The lowest BCUT2D eigenvalue weighted by atomic mass is 10.0. The van der Waals surface area contributed by atoms with E-state index in [9.17, 15) is 0 Å². The van der Waals surface area contributed by atoms with Crippen molar-refractivity contribution >= 4 is 0 Å². The molecule has 4 nitrogen and oxygen atoms in total. The van der Waals surface area contributed by atoms with E-state index < -0.39 is 0 Å². The van der Waals surface area contributed by atoms with Crippen molar-refractivity contribution in [1.29, 1.82) is 0 Å². The van der Waals surface area contributed by atoms with E-state index in [1.807, 2.05) is 30.6 Å². The minimum atomic E-state index is 0.359. The van der Waals surface area contributed by atoms with Gasteiger partial charge in [0.1, 0.15) is 5.75 Å². The van der Waals surface area contributed by atoms with Crippen molar-refractivity contribution in [2.24, 2.45) is 0 Å². The number of pyridine rings is 1. The van der Waals surface area contributed by atoms with Gasteiger partial charge in [0.25, 0.3) is 0 Å². The summed E-state index contributed by atoms with van der Waals surface area (Å²) in [4.78, 5) is 6.75. The molecule has 0 aliphatic carbocycles. The molecule has 0 saturated carbocycles. The van der Waals surface area contributed by atoms with Crippen molar-refractivity contribution in [3.63, 3.8) is 0 Å². The third-order valence-corrected chi connectivity index (χ3v) is 3.99. The molecule has 0 spiro atoms.